The van der Waals surface area contributed by atoms with E-state index in [1.165, 1.54) is 0 Å². The summed E-state index contributed by atoms with van der Waals surface area (Å²) in [5, 5.41) is 0. The van der Waals surface area contributed by atoms with Gasteiger partial charge in [-0.05, 0) is 24.3 Å². The fraction of sp³-hybridized carbons (Fsp3) is 0.200. The van der Waals surface area contributed by atoms with Gasteiger partial charge in [-0.3, -0.25) is 0 Å². The van der Waals surface area contributed by atoms with Crippen molar-refractivity contribution in [1.82, 2.24) is 0 Å². The maximum Gasteiger partial charge on any atom is 0.273 e. The minimum atomic E-state index is -0.822. The number of nitrogens with two attached hydrogens (primary N) is 1. The van der Waals surface area contributed by atoms with Gasteiger partial charge in [-0.1, -0.05) is 0 Å². The molecule has 0 spiro atoms. The van der Waals surface area contributed by atoms with Crippen LogP contribution in [0.1, 0.15) is 0 Å². The van der Waals surface area contributed by atoms with E-state index in [4.69, 9.17) is 19.6 Å². The average molecular weight is 225 g/mol. The van der Waals surface area contributed by atoms with Crippen LogP contribution in [0.5, 0.6) is 5.75 Å². The van der Waals surface area contributed by atoms with Crippen molar-refractivity contribution >= 4 is 15.5 Å². The molecule has 4 nitrogen and oxygen atoms in total. The summed E-state index contributed by atoms with van der Waals surface area (Å²) < 4.78 is 15.4. The maximum absolute atomic E-state index is 5.55. The Balaban J connectivity index is 2.43. The molecule has 1 aromatic carbocycles. The molecule has 0 heterocycles. The standard InChI is InChI=1S/C10H15NO3Si/c1-12-10(13-2)7-15-14-9-5-3-8(11)4-6-9/h3-7H,11,15H2,1-2H3. The van der Waals surface area contributed by atoms with Crippen molar-refractivity contribution in [2.75, 3.05) is 20.0 Å². The summed E-state index contributed by atoms with van der Waals surface area (Å²) in [6.45, 7) is 0. The van der Waals surface area contributed by atoms with Gasteiger partial charge in [-0.2, -0.15) is 0 Å². The van der Waals surface area contributed by atoms with Crippen molar-refractivity contribution in [2.45, 2.75) is 0 Å². The molecule has 0 aliphatic rings. The molecule has 0 saturated carbocycles. The third-order valence-corrected chi connectivity index (χ3v) is 2.78. The number of anilines is 1. The number of hydrogen-bond donors (Lipinski definition) is 1. The molecule has 0 aliphatic heterocycles. The molecule has 1 aromatic rings. The SMILES string of the molecule is COC(=C[SiH2]Oc1ccc(N)cc1)OC. The van der Waals surface area contributed by atoms with Crippen LogP contribution in [0.25, 0.3) is 0 Å². The third kappa shape index (κ3) is 3.95. The highest BCUT2D eigenvalue weighted by atomic mass is 28.2. The van der Waals surface area contributed by atoms with Crippen LogP contribution in [0.4, 0.5) is 5.69 Å². The van der Waals surface area contributed by atoms with E-state index >= 15 is 0 Å². The Morgan fingerprint density at radius 3 is 2.33 bits per heavy atom. The first-order valence-electron chi connectivity index (χ1n) is 4.52. The number of rotatable bonds is 5. The summed E-state index contributed by atoms with van der Waals surface area (Å²) in [7, 11) is 2.30. The topological polar surface area (TPSA) is 53.7 Å². The molecule has 0 aliphatic carbocycles. The predicted octanol–water partition coefficient (Wildman–Crippen LogP) is 0.823. The Morgan fingerprint density at radius 2 is 1.80 bits per heavy atom. The van der Waals surface area contributed by atoms with E-state index in [9.17, 15) is 0 Å². The summed E-state index contributed by atoms with van der Waals surface area (Å²) in [5.41, 5.74) is 8.12. The fourth-order valence-electron chi connectivity index (χ4n) is 1.02. The lowest BCUT2D eigenvalue weighted by atomic mass is 10.3. The Hall–Kier alpha value is -1.62. The molecule has 0 atom stereocenters. The molecule has 0 amide bonds. The second kappa shape index (κ2) is 5.97. The third-order valence-electron chi connectivity index (χ3n) is 1.78. The zero-order valence-electron chi connectivity index (χ0n) is 8.90. The molecule has 5 heteroatoms. The van der Waals surface area contributed by atoms with Crippen molar-refractivity contribution in [3.05, 3.63) is 35.9 Å². The van der Waals surface area contributed by atoms with Crippen molar-refractivity contribution in [3.63, 3.8) is 0 Å². The summed E-state index contributed by atoms with van der Waals surface area (Å²) in [6, 6.07) is 7.30. The van der Waals surface area contributed by atoms with Gasteiger partial charge in [0.25, 0.3) is 15.7 Å². The minimum Gasteiger partial charge on any atom is -0.545 e. The van der Waals surface area contributed by atoms with Crippen LogP contribution >= 0.6 is 0 Å². The first-order valence-corrected chi connectivity index (χ1v) is 5.92. The number of nitrogen functional groups attached to an aromatic ring is 1. The Kier molecular flexibility index (Phi) is 4.56. The second-order valence-electron chi connectivity index (χ2n) is 2.81. The first kappa shape index (κ1) is 11.5. The summed E-state index contributed by atoms with van der Waals surface area (Å²) in [4.78, 5) is 0. The Bertz CT molecular complexity index is 318. The molecule has 1 rings (SSSR count). The zero-order chi connectivity index (χ0) is 11.1. The van der Waals surface area contributed by atoms with E-state index in [-0.39, 0.29) is 0 Å². The van der Waals surface area contributed by atoms with Crippen molar-refractivity contribution in [1.29, 1.82) is 0 Å². The van der Waals surface area contributed by atoms with Gasteiger partial charge in [-0.15, -0.1) is 0 Å². The van der Waals surface area contributed by atoms with E-state index in [2.05, 4.69) is 0 Å². The van der Waals surface area contributed by atoms with Crippen LogP contribution < -0.4 is 10.2 Å². The van der Waals surface area contributed by atoms with Gasteiger partial charge in [0.15, 0.2) is 0 Å². The van der Waals surface area contributed by atoms with E-state index in [0.717, 1.165) is 11.4 Å². The molecular weight excluding hydrogens is 210 g/mol. The van der Waals surface area contributed by atoms with Gasteiger partial charge in [0.05, 0.1) is 14.2 Å². The molecule has 2 N–H and O–H groups in total. The molecule has 0 fully saturated rings. The lowest BCUT2D eigenvalue weighted by Gasteiger charge is -2.05. The lowest BCUT2D eigenvalue weighted by molar-refractivity contribution is 0.0962. The minimum absolute atomic E-state index is 0.497. The van der Waals surface area contributed by atoms with Crippen molar-refractivity contribution in [3.8, 4) is 5.75 Å². The van der Waals surface area contributed by atoms with Gasteiger partial charge in [0.1, 0.15) is 5.75 Å². The smallest absolute Gasteiger partial charge is 0.273 e. The average Bonchev–Trinajstić information content (AvgIpc) is 2.27. The number of ether oxygens (including phenoxy) is 2. The van der Waals surface area contributed by atoms with E-state index in [1.54, 1.807) is 26.4 Å². The number of hydrogen-bond acceptors (Lipinski definition) is 4. The zero-order valence-corrected chi connectivity index (χ0v) is 10.3. The largest absolute Gasteiger partial charge is 0.545 e. The predicted molar refractivity (Wildman–Crippen MR) is 62.1 cm³/mol. The molecule has 0 radical (unpaired) electrons. The second-order valence-corrected chi connectivity index (χ2v) is 3.84. The number of benzene rings is 1. The summed E-state index contributed by atoms with van der Waals surface area (Å²) >= 11 is 0. The highest BCUT2D eigenvalue weighted by molar-refractivity contribution is 6.35. The highest BCUT2D eigenvalue weighted by Crippen LogP contribution is 2.12. The maximum atomic E-state index is 5.55. The molecule has 15 heavy (non-hydrogen) atoms. The van der Waals surface area contributed by atoms with Crippen LogP contribution in [-0.4, -0.2) is 24.0 Å². The molecule has 0 saturated heterocycles. The van der Waals surface area contributed by atoms with Crippen LogP contribution in [0, 0.1) is 0 Å². The normalized spacial score (nSPS) is 10.0. The van der Waals surface area contributed by atoms with Gasteiger partial charge in [0.2, 0.25) is 0 Å². The Morgan fingerprint density at radius 1 is 1.20 bits per heavy atom. The van der Waals surface area contributed by atoms with Crippen LogP contribution in [0.15, 0.2) is 35.9 Å². The summed E-state index contributed by atoms with van der Waals surface area (Å²) in [6.07, 6.45) is 0. The van der Waals surface area contributed by atoms with Gasteiger partial charge in [-0.25, -0.2) is 0 Å². The van der Waals surface area contributed by atoms with Crippen LogP contribution in [0.3, 0.4) is 0 Å². The molecule has 0 bridgehead atoms. The molecule has 0 aromatic heterocycles. The van der Waals surface area contributed by atoms with Crippen LogP contribution in [0.2, 0.25) is 0 Å². The monoisotopic (exact) mass is 225 g/mol. The van der Waals surface area contributed by atoms with E-state index in [0.29, 0.717) is 5.95 Å². The van der Waals surface area contributed by atoms with Crippen molar-refractivity contribution < 1.29 is 13.9 Å². The lowest BCUT2D eigenvalue weighted by Crippen LogP contribution is -2.02. The first-order chi connectivity index (χ1) is 7.26. The van der Waals surface area contributed by atoms with Gasteiger partial charge >= 0.3 is 0 Å². The fourth-order valence-corrected chi connectivity index (χ4v) is 1.96. The van der Waals surface area contributed by atoms with E-state index < -0.39 is 9.76 Å². The van der Waals surface area contributed by atoms with Gasteiger partial charge in [0, 0.05) is 11.4 Å². The Labute approximate surface area is 91.6 Å². The molecule has 82 valence electrons. The highest BCUT2D eigenvalue weighted by Gasteiger charge is 1.95. The van der Waals surface area contributed by atoms with Gasteiger partial charge < -0.3 is 19.6 Å². The summed E-state index contributed by atoms with van der Waals surface area (Å²) in [5.74, 6) is 1.32. The number of methoxy groups -OCH3 is 2. The van der Waals surface area contributed by atoms with Crippen molar-refractivity contribution in [2.24, 2.45) is 0 Å². The molecular formula is C10H15NO3Si. The quantitative estimate of drug-likeness (QED) is 0.458. The van der Waals surface area contributed by atoms with E-state index in [1.807, 2.05) is 17.8 Å². The molecule has 0 unspecified atom stereocenters. The van der Waals surface area contributed by atoms with Crippen LogP contribution in [-0.2, 0) is 9.47 Å².